The number of amides is 1. The molecule has 0 saturated heterocycles. The number of phenolic OH excluding ortho intramolecular Hbond substituents is 1. The molecule has 0 radical (unpaired) electrons. The number of nitrogens with one attached hydrogen (secondary N) is 2. The molecule has 2 aromatic carbocycles. The van der Waals surface area contributed by atoms with Gasteiger partial charge >= 0.3 is 0 Å². The molecule has 1 heterocycles. The monoisotopic (exact) mass is 391 g/mol. The first-order chi connectivity index (χ1) is 13.0. The molecule has 1 amide bonds. The Morgan fingerprint density at radius 2 is 1.89 bits per heavy atom. The van der Waals surface area contributed by atoms with Crippen LogP contribution in [0.1, 0.15) is 5.56 Å². The van der Waals surface area contributed by atoms with Gasteiger partial charge in [-0.15, -0.1) is 0 Å². The maximum absolute atomic E-state index is 12.3. The second-order valence-corrected chi connectivity index (χ2v) is 7.25. The molecule has 1 aliphatic rings. The first-order valence-electron chi connectivity index (χ1n) is 7.95. The third-order valence-corrected chi connectivity index (χ3v) is 4.98. The number of rotatable bonds is 6. The van der Waals surface area contributed by atoms with E-state index in [4.69, 9.17) is 9.47 Å². The lowest BCUT2D eigenvalue weighted by Gasteiger charge is -2.18. The fourth-order valence-electron chi connectivity index (χ4n) is 2.24. The predicted molar refractivity (Wildman–Crippen MR) is 96.5 cm³/mol. The standard InChI is InChI=1S/C17H17N3O6S/c21-14-4-2-1-3-12(14)10-18-20-17(22)11-19-27(23,24)13-5-6-15-16(9-13)26-8-7-25-15/h1-6,9-10,19,21H,7-8,11H2,(H,20,22)/b18-10-. The van der Waals surface area contributed by atoms with Crippen LogP contribution < -0.4 is 19.6 Å². The van der Waals surface area contributed by atoms with E-state index in [1.165, 1.54) is 30.5 Å². The molecule has 0 atom stereocenters. The Hall–Kier alpha value is -3.11. The van der Waals surface area contributed by atoms with E-state index in [-0.39, 0.29) is 10.6 Å². The summed E-state index contributed by atoms with van der Waals surface area (Å²) in [6.07, 6.45) is 1.25. The zero-order chi connectivity index (χ0) is 19.3. The van der Waals surface area contributed by atoms with E-state index in [1.54, 1.807) is 18.2 Å². The van der Waals surface area contributed by atoms with Crippen molar-refractivity contribution in [3.8, 4) is 17.2 Å². The van der Waals surface area contributed by atoms with Crippen LogP contribution in [0.5, 0.6) is 17.2 Å². The van der Waals surface area contributed by atoms with Gasteiger partial charge in [0.2, 0.25) is 10.0 Å². The lowest BCUT2D eigenvalue weighted by Crippen LogP contribution is -2.35. The maximum atomic E-state index is 12.3. The topological polar surface area (TPSA) is 126 Å². The number of carbonyl (C=O) groups excluding carboxylic acids is 1. The summed E-state index contributed by atoms with van der Waals surface area (Å²) >= 11 is 0. The summed E-state index contributed by atoms with van der Waals surface area (Å²) in [5.41, 5.74) is 2.59. The van der Waals surface area contributed by atoms with Gasteiger partial charge in [0.25, 0.3) is 5.91 Å². The van der Waals surface area contributed by atoms with Crippen LogP contribution >= 0.6 is 0 Å². The molecule has 27 heavy (non-hydrogen) atoms. The van der Waals surface area contributed by atoms with Gasteiger partial charge in [0.1, 0.15) is 19.0 Å². The number of nitrogens with zero attached hydrogens (tertiary/aromatic N) is 1. The molecule has 0 saturated carbocycles. The van der Waals surface area contributed by atoms with Crippen LogP contribution in [0.4, 0.5) is 0 Å². The number of para-hydroxylation sites is 1. The van der Waals surface area contributed by atoms with Crippen LogP contribution in [0.2, 0.25) is 0 Å². The zero-order valence-corrected chi connectivity index (χ0v) is 14.9. The Morgan fingerprint density at radius 1 is 1.15 bits per heavy atom. The molecule has 0 unspecified atom stereocenters. The van der Waals surface area contributed by atoms with E-state index in [9.17, 15) is 18.3 Å². The molecule has 1 aliphatic heterocycles. The Balaban J connectivity index is 1.57. The van der Waals surface area contributed by atoms with Gasteiger partial charge in [-0.3, -0.25) is 4.79 Å². The summed E-state index contributed by atoms with van der Waals surface area (Å²) in [4.78, 5) is 11.7. The second kappa shape index (κ2) is 8.06. The van der Waals surface area contributed by atoms with Crippen molar-refractivity contribution in [3.63, 3.8) is 0 Å². The molecule has 9 nitrogen and oxygen atoms in total. The van der Waals surface area contributed by atoms with E-state index in [2.05, 4.69) is 15.2 Å². The van der Waals surface area contributed by atoms with Gasteiger partial charge in [0, 0.05) is 11.6 Å². The number of hydrazone groups is 1. The molecule has 0 bridgehead atoms. The van der Waals surface area contributed by atoms with Crippen LogP contribution in [-0.2, 0) is 14.8 Å². The molecule has 3 N–H and O–H groups in total. The fraction of sp³-hybridized carbons (Fsp3) is 0.176. The number of hydrogen-bond acceptors (Lipinski definition) is 7. The molecular formula is C17H17N3O6S. The third-order valence-electron chi connectivity index (χ3n) is 3.58. The minimum Gasteiger partial charge on any atom is -0.507 e. The number of sulfonamides is 1. The largest absolute Gasteiger partial charge is 0.507 e. The molecular weight excluding hydrogens is 374 g/mol. The number of aromatic hydroxyl groups is 1. The number of ether oxygens (including phenoxy) is 2. The number of carbonyl (C=O) groups is 1. The highest BCUT2D eigenvalue weighted by molar-refractivity contribution is 7.89. The molecule has 3 rings (SSSR count). The van der Waals surface area contributed by atoms with Crippen molar-refractivity contribution in [1.29, 1.82) is 0 Å². The van der Waals surface area contributed by atoms with Crippen LogP contribution in [0, 0.1) is 0 Å². The van der Waals surface area contributed by atoms with Gasteiger partial charge in [-0.05, 0) is 24.3 Å². The van der Waals surface area contributed by atoms with Gasteiger partial charge in [0.05, 0.1) is 17.7 Å². The lowest BCUT2D eigenvalue weighted by atomic mass is 10.2. The third kappa shape index (κ3) is 4.74. The number of phenols is 1. The minimum absolute atomic E-state index is 0.00908. The van der Waals surface area contributed by atoms with Gasteiger partial charge < -0.3 is 14.6 Å². The summed E-state index contributed by atoms with van der Waals surface area (Å²) in [5, 5.41) is 13.3. The highest BCUT2D eigenvalue weighted by Crippen LogP contribution is 2.32. The SMILES string of the molecule is O=C(CNS(=O)(=O)c1ccc2c(c1)OCCO2)N/N=C\c1ccccc1O. The number of hydrogen-bond donors (Lipinski definition) is 3. The quantitative estimate of drug-likeness (QED) is 0.489. The highest BCUT2D eigenvalue weighted by Gasteiger charge is 2.20. The summed E-state index contributed by atoms with van der Waals surface area (Å²) in [5.74, 6) is 0.148. The van der Waals surface area contributed by atoms with E-state index in [0.717, 1.165) is 0 Å². The van der Waals surface area contributed by atoms with Gasteiger partial charge in [-0.25, -0.2) is 18.6 Å². The van der Waals surface area contributed by atoms with Crippen molar-refractivity contribution in [2.45, 2.75) is 4.90 Å². The molecule has 142 valence electrons. The number of benzene rings is 2. The van der Waals surface area contributed by atoms with Crippen molar-refractivity contribution in [1.82, 2.24) is 10.1 Å². The normalized spacial score (nSPS) is 13.5. The van der Waals surface area contributed by atoms with Crippen LogP contribution in [0.15, 0.2) is 52.5 Å². The van der Waals surface area contributed by atoms with E-state index in [1.807, 2.05) is 0 Å². The van der Waals surface area contributed by atoms with Gasteiger partial charge in [0.15, 0.2) is 11.5 Å². The first kappa shape index (κ1) is 18.7. The van der Waals surface area contributed by atoms with Crippen molar-refractivity contribution in [2.75, 3.05) is 19.8 Å². The number of fused-ring (bicyclic) bond motifs is 1. The summed E-state index contributed by atoms with van der Waals surface area (Å²) in [7, 11) is -3.91. The molecule has 2 aromatic rings. The Morgan fingerprint density at radius 3 is 2.67 bits per heavy atom. The van der Waals surface area contributed by atoms with Gasteiger partial charge in [-0.2, -0.15) is 5.10 Å². The molecule has 0 spiro atoms. The van der Waals surface area contributed by atoms with E-state index in [0.29, 0.717) is 30.3 Å². The Kier molecular flexibility index (Phi) is 5.57. The molecule has 0 fully saturated rings. The Bertz CT molecular complexity index is 974. The smallest absolute Gasteiger partial charge is 0.255 e. The molecule has 0 aromatic heterocycles. The van der Waals surface area contributed by atoms with Crippen molar-refractivity contribution in [3.05, 3.63) is 48.0 Å². The van der Waals surface area contributed by atoms with E-state index >= 15 is 0 Å². The van der Waals surface area contributed by atoms with Crippen molar-refractivity contribution >= 4 is 22.1 Å². The van der Waals surface area contributed by atoms with E-state index < -0.39 is 22.5 Å². The fourth-order valence-corrected chi connectivity index (χ4v) is 3.24. The summed E-state index contributed by atoms with van der Waals surface area (Å²) < 4.78 is 37.5. The predicted octanol–water partition coefficient (Wildman–Crippen LogP) is 0.592. The average molecular weight is 391 g/mol. The van der Waals surface area contributed by atoms with Crippen LogP contribution in [-0.4, -0.2) is 45.4 Å². The molecule has 0 aliphatic carbocycles. The average Bonchev–Trinajstić information content (AvgIpc) is 2.67. The Labute approximate surface area is 155 Å². The van der Waals surface area contributed by atoms with Crippen molar-refractivity contribution < 1.29 is 27.8 Å². The van der Waals surface area contributed by atoms with Crippen LogP contribution in [0.25, 0.3) is 0 Å². The summed E-state index contributed by atoms with van der Waals surface area (Å²) in [6, 6.07) is 10.6. The van der Waals surface area contributed by atoms with Crippen LogP contribution in [0.3, 0.4) is 0 Å². The highest BCUT2D eigenvalue weighted by atomic mass is 32.2. The second-order valence-electron chi connectivity index (χ2n) is 5.48. The zero-order valence-electron chi connectivity index (χ0n) is 14.1. The summed E-state index contributed by atoms with van der Waals surface area (Å²) in [6.45, 7) is 0.231. The minimum atomic E-state index is -3.91. The maximum Gasteiger partial charge on any atom is 0.255 e. The van der Waals surface area contributed by atoms with Gasteiger partial charge in [-0.1, -0.05) is 12.1 Å². The lowest BCUT2D eigenvalue weighted by molar-refractivity contribution is -0.119. The van der Waals surface area contributed by atoms with Crippen molar-refractivity contribution in [2.24, 2.45) is 5.10 Å². The first-order valence-corrected chi connectivity index (χ1v) is 9.43. The molecule has 10 heteroatoms.